The monoisotopic (exact) mass is 268 g/mol. The summed E-state index contributed by atoms with van der Waals surface area (Å²) in [6, 6.07) is 11.4. The Bertz CT molecular complexity index is 566. The normalized spacial score (nSPS) is 18.0. The molecular formula is C18H24N2. The lowest BCUT2D eigenvalue weighted by Gasteiger charge is -2.21. The van der Waals surface area contributed by atoms with Crippen molar-refractivity contribution in [1.29, 1.82) is 0 Å². The van der Waals surface area contributed by atoms with E-state index < -0.39 is 0 Å². The van der Waals surface area contributed by atoms with Crippen LogP contribution in [-0.2, 0) is 12.8 Å². The van der Waals surface area contributed by atoms with Gasteiger partial charge in [-0.2, -0.15) is 0 Å². The zero-order valence-electron chi connectivity index (χ0n) is 12.3. The number of nitrogens with zero attached hydrogens (tertiary/aromatic N) is 1. The predicted octanol–water partition coefficient (Wildman–Crippen LogP) is 4.16. The van der Waals surface area contributed by atoms with E-state index in [-0.39, 0.29) is 6.04 Å². The average molecular weight is 268 g/mol. The van der Waals surface area contributed by atoms with Crippen LogP contribution in [0.25, 0.3) is 5.69 Å². The molecule has 2 nitrogen and oxygen atoms in total. The van der Waals surface area contributed by atoms with Gasteiger partial charge in [-0.05, 0) is 61.4 Å². The summed E-state index contributed by atoms with van der Waals surface area (Å²) < 4.78 is 2.32. The number of nitrogens with two attached hydrogens (primary N) is 1. The third-order valence-corrected chi connectivity index (χ3v) is 4.39. The molecule has 1 aromatic heterocycles. The van der Waals surface area contributed by atoms with Crippen LogP contribution in [-0.4, -0.2) is 4.57 Å². The third kappa shape index (κ3) is 2.53. The van der Waals surface area contributed by atoms with Crippen LogP contribution >= 0.6 is 0 Å². The van der Waals surface area contributed by atoms with Gasteiger partial charge in [-0.1, -0.05) is 25.5 Å². The van der Waals surface area contributed by atoms with Gasteiger partial charge in [0.1, 0.15) is 0 Å². The second-order valence-corrected chi connectivity index (χ2v) is 5.86. The second kappa shape index (κ2) is 5.84. The molecule has 106 valence electrons. The van der Waals surface area contributed by atoms with E-state index in [4.69, 9.17) is 5.73 Å². The van der Waals surface area contributed by atoms with Crippen molar-refractivity contribution in [2.24, 2.45) is 5.73 Å². The van der Waals surface area contributed by atoms with Gasteiger partial charge in [0.05, 0.1) is 0 Å². The van der Waals surface area contributed by atoms with Crippen LogP contribution in [0.2, 0.25) is 0 Å². The predicted molar refractivity (Wildman–Crippen MR) is 84.2 cm³/mol. The van der Waals surface area contributed by atoms with Crippen molar-refractivity contribution in [2.45, 2.75) is 51.5 Å². The van der Waals surface area contributed by atoms with Crippen molar-refractivity contribution in [3.8, 4) is 5.69 Å². The van der Waals surface area contributed by atoms with Crippen LogP contribution in [0, 0.1) is 0 Å². The summed E-state index contributed by atoms with van der Waals surface area (Å²) in [5.41, 5.74) is 11.7. The van der Waals surface area contributed by atoms with Gasteiger partial charge in [0.2, 0.25) is 0 Å². The minimum atomic E-state index is 0.226. The topological polar surface area (TPSA) is 30.9 Å². The molecule has 1 aliphatic rings. The van der Waals surface area contributed by atoms with E-state index >= 15 is 0 Å². The number of hydrogen-bond acceptors (Lipinski definition) is 1. The SMILES string of the molecule is CCCCc1ccc(-n2ccc3c2CCCC3N)cc1. The molecule has 0 radical (unpaired) electrons. The van der Waals surface area contributed by atoms with Crippen molar-refractivity contribution < 1.29 is 0 Å². The molecule has 0 fully saturated rings. The van der Waals surface area contributed by atoms with Crippen LogP contribution in [0.15, 0.2) is 36.5 Å². The maximum absolute atomic E-state index is 6.20. The van der Waals surface area contributed by atoms with Crippen molar-refractivity contribution in [1.82, 2.24) is 4.57 Å². The first-order valence-electron chi connectivity index (χ1n) is 7.84. The summed E-state index contributed by atoms with van der Waals surface area (Å²) >= 11 is 0. The zero-order valence-corrected chi connectivity index (χ0v) is 12.3. The van der Waals surface area contributed by atoms with Gasteiger partial charge in [-0.3, -0.25) is 0 Å². The number of rotatable bonds is 4. The highest BCUT2D eigenvalue weighted by molar-refractivity contribution is 5.41. The summed E-state index contributed by atoms with van der Waals surface area (Å²) in [7, 11) is 0. The number of unbranched alkanes of at least 4 members (excludes halogenated alkanes) is 1. The van der Waals surface area contributed by atoms with Crippen LogP contribution in [0.5, 0.6) is 0 Å². The van der Waals surface area contributed by atoms with E-state index in [9.17, 15) is 0 Å². The molecule has 0 bridgehead atoms. The summed E-state index contributed by atoms with van der Waals surface area (Å²) in [4.78, 5) is 0. The maximum atomic E-state index is 6.20. The standard InChI is InChI=1S/C18H24N2/c1-2-3-5-14-8-10-15(11-9-14)20-13-12-16-17(19)6-4-7-18(16)20/h8-13,17H,2-7,19H2,1H3. The Morgan fingerprint density at radius 1 is 1.20 bits per heavy atom. The molecule has 1 aliphatic carbocycles. The van der Waals surface area contributed by atoms with E-state index in [1.807, 2.05) is 0 Å². The lowest BCUT2D eigenvalue weighted by molar-refractivity contribution is 0.560. The Morgan fingerprint density at radius 3 is 2.75 bits per heavy atom. The molecular weight excluding hydrogens is 244 g/mol. The lowest BCUT2D eigenvalue weighted by atomic mass is 9.93. The minimum Gasteiger partial charge on any atom is -0.324 e. The molecule has 0 amide bonds. The van der Waals surface area contributed by atoms with Gasteiger partial charge >= 0.3 is 0 Å². The van der Waals surface area contributed by atoms with Crippen LogP contribution in [0.1, 0.15) is 55.5 Å². The van der Waals surface area contributed by atoms with Crippen molar-refractivity contribution in [2.75, 3.05) is 0 Å². The smallest absolute Gasteiger partial charge is 0.0452 e. The maximum Gasteiger partial charge on any atom is 0.0452 e. The fourth-order valence-electron chi connectivity index (χ4n) is 3.17. The van der Waals surface area contributed by atoms with E-state index in [0.29, 0.717) is 0 Å². The van der Waals surface area contributed by atoms with E-state index in [2.05, 4.69) is 48.0 Å². The molecule has 2 heteroatoms. The van der Waals surface area contributed by atoms with E-state index in [1.54, 1.807) is 0 Å². The highest BCUT2D eigenvalue weighted by atomic mass is 15.0. The molecule has 20 heavy (non-hydrogen) atoms. The number of fused-ring (bicyclic) bond motifs is 1. The van der Waals surface area contributed by atoms with Gasteiger partial charge in [-0.25, -0.2) is 0 Å². The molecule has 1 unspecified atom stereocenters. The minimum absolute atomic E-state index is 0.226. The first kappa shape index (κ1) is 13.4. The average Bonchev–Trinajstić information content (AvgIpc) is 2.91. The number of benzene rings is 1. The Hall–Kier alpha value is -1.54. The quantitative estimate of drug-likeness (QED) is 0.887. The molecule has 3 rings (SSSR count). The van der Waals surface area contributed by atoms with Gasteiger partial charge in [0, 0.05) is 23.6 Å². The fourth-order valence-corrected chi connectivity index (χ4v) is 3.17. The third-order valence-electron chi connectivity index (χ3n) is 4.39. The summed E-state index contributed by atoms with van der Waals surface area (Å²) in [5.74, 6) is 0. The van der Waals surface area contributed by atoms with Crippen LogP contribution < -0.4 is 5.73 Å². The van der Waals surface area contributed by atoms with E-state index in [0.717, 1.165) is 12.8 Å². The summed E-state index contributed by atoms with van der Waals surface area (Å²) in [5, 5.41) is 0. The van der Waals surface area contributed by atoms with Gasteiger partial charge in [0.25, 0.3) is 0 Å². The molecule has 0 spiro atoms. The first-order valence-corrected chi connectivity index (χ1v) is 7.84. The van der Waals surface area contributed by atoms with Crippen molar-refractivity contribution in [3.63, 3.8) is 0 Å². The van der Waals surface area contributed by atoms with Crippen LogP contribution in [0.3, 0.4) is 0 Å². The van der Waals surface area contributed by atoms with Crippen LogP contribution in [0.4, 0.5) is 0 Å². The molecule has 1 heterocycles. The Kier molecular flexibility index (Phi) is 3.93. The zero-order chi connectivity index (χ0) is 13.9. The Morgan fingerprint density at radius 2 is 2.00 bits per heavy atom. The number of aryl methyl sites for hydroxylation is 1. The highest BCUT2D eigenvalue weighted by Gasteiger charge is 2.20. The van der Waals surface area contributed by atoms with Gasteiger partial charge in [0.15, 0.2) is 0 Å². The summed E-state index contributed by atoms with van der Waals surface area (Å²) in [6.45, 7) is 2.24. The number of hydrogen-bond donors (Lipinski definition) is 1. The lowest BCUT2D eigenvalue weighted by Crippen LogP contribution is -2.17. The molecule has 2 N–H and O–H groups in total. The van der Waals surface area contributed by atoms with Gasteiger partial charge < -0.3 is 10.3 Å². The first-order chi connectivity index (χ1) is 9.79. The van der Waals surface area contributed by atoms with E-state index in [1.165, 1.54) is 48.2 Å². The Balaban J connectivity index is 1.86. The molecule has 0 saturated heterocycles. The molecule has 2 aromatic rings. The molecule has 1 aromatic carbocycles. The molecule has 0 aliphatic heterocycles. The summed E-state index contributed by atoms with van der Waals surface area (Å²) in [6.07, 6.45) is 9.35. The van der Waals surface area contributed by atoms with Gasteiger partial charge in [-0.15, -0.1) is 0 Å². The second-order valence-electron chi connectivity index (χ2n) is 5.86. The molecule has 1 atom stereocenters. The number of aromatic nitrogens is 1. The fraction of sp³-hybridized carbons (Fsp3) is 0.444. The Labute approximate surface area is 121 Å². The van der Waals surface area contributed by atoms with Crippen molar-refractivity contribution in [3.05, 3.63) is 53.3 Å². The largest absolute Gasteiger partial charge is 0.324 e. The molecule has 0 saturated carbocycles. The van der Waals surface area contributed by atoms with Crippen molar-refractivity contribution >= 4 is 0 Å². The highest BCUT2D eigenvalue weighted by Crippen LogP contribution is 2.30.